The monoisotopic (exact) mass is 474 g/mol. The van der Waals surface area contributed by atoms with Gasteiger partial charge in [-0.2, -0.15) is 0 Å². The highest BCUT2D eigenvalue weighted by molar-refractivity contribution is 9.11. The van der Waals surface area contributed by atoms with Crippen LogP contribution < -0.4 is 9.46 Å². The molecule has 1 heterocycles. The van der Waals surface area contributed by atoms with E-state index in [4.69, 9.17) is 16.3 Å². The van der Waals surface area contributed by atoms with Gasteiger partial charge in [0.15, 0.2) is 8.68 Å². The zero-order valence-electron chi connectivity index (χ0n) is 10.8. The summed E-state index contributed by atoms with van der Waals surface area (Å²) in [5.74, 6) is 0.509. The molecule has 0 saturated heterocycles. The Bertz CT molecular complexity index is 793. The Morgan fingerprint density at radius 1 is 1.33 bits per heavy atom. The van der Waals surface area contributed by atoms with Crippen LogP contribution in [0.4, 0.5) is 5.69 Å². The Labute approximate surface area is 148 Å². The highest BCUT2D eigenvalue weighted by atomic mass is 79.9. The number of sulfonamides is 1. The normalized spacial score (nSPS) is 11.5. The molecule has 5 nitrogen and oxygen atoms in total. The van der Waals surface area contributed by atoms with Crippen LogP contribution in [0.2, 0.25) is 4.47 Å². The second kappa shape index (κ2) is 6.41. The minimum atomic E-state index is -3.76. The van der Waals surface area contributed by atoms with Gasteiger partial charge in [0.25, 0.3) is 10.0 Å². The summed E-state index contributed by atoms with van der Waals surface area (Å²) < 4.78 is 34.0. The summed E-state index contributed by atoms with van der Waals surface area (Å²) >= 11 is 13.3. The standard InChI is InChI=1S/C11H9Br2ClN2O3S2/c1-5-10(20-11(14)15-5)21(17,18)16-8-4-9(19-2)7(13)3-6(8)12/h3-4,16H,1-2H3. The minimum absolute atomic E-state index is 0.0845. The molecular formula is C11H9Br2ClN2O3S2. The molecule has 0 spiro atoms. The third-order valence-electron chi connectivity index (χ3n) is 2.46. The average molecular weight is 477 g/mol. The van der Waals surface area contributed by atoms with E-state index in [1.165, 1.54) is 7.11 Å². The van der Waals surface area contributed by atoms with E-state index in [2.05, 4.69) is 41.6 Å². The van der Waals surface area contributed by atoms with Gasteiger partial charge in [0.2, 0.25) is 0 Å². The lowest BCUT2D eigenvalue weighted by Gasteiger charge is -2.11. The molecule has 0 saturated carbocycles. The van der Waals surface area contributed by atoms with Crippen LogP contribution in [0.1, 0.15) is 5.69 Å². The van der Waals surface area contributed by atoms with Gasteiger partial charge in [0, 0.05) is 10.5 Å². The van der Waals surface area contributed by atoms with Crippen molar-refractivity contribution in [1.82, 2.24) is 4.98 Å². The third-order valence-corrected chi connectivity index (χ3v) is 6.97. The molecule has 0 bridgehead atoms. The van der Waals surface area contributed by atoms with Crippen molar-refractivity contribution in [2.24, 2.45) is 0 Å². The van der Waals surface area contributed by atoms with Crippen molar-refractivity contribution in [3.8, 4) is 5.75 Å². The molecule has 1 N–H and O–H groups in total. The first-order valence-corrected chi connectivity index (χ1v) is 9.69. The molecule has 0 aliphatic carbocycles. The average Bonchev–Trinajstić information content (AvgIpc) is 2.72. The maximum Gasteiger partial charge on any atom is 0.273 e. The molecule has 0 unspecified atom stereocenters. The van der Waals surface area contributed by atoms with Crippen LogP contribution in [0, 0.1) is 6.92 Å². The number of benzene rings is 1. The van der Waals surface area contributed by atoms with Gasteiger partial charge in [0.1, 0.15) is 5.75 Å². The first-order chi connectivity index (χ1) is 9.74. The van der Waals surface area contributed by atoms with E-state index >= 15 is 0 Å². The zero-order valence-corrected chi connectivity index (χ0v) is 16.3. The number of aromatic nitrogens is 1. The van der Waals surface area contributed by atoms with E-state index < -0.39 is 10.0 Å². The predicted octanol–water partition coefficient (Wildman–Crippen LogP) is 4.44. The summed E-state index contributed by atoms with van der Waals surface area (Å²) in [7, 11) is -2.26. The van der Waals surface area contributed by atoms with Crippen molar-refractivity contribution in [2.75, 3.05) is 11.8 Å². The van der Waals surface area contributed by atoms with Crippen molar-refractivity contribution in [2.45, 2.75) is 11.1 Å². The highest BCUT2D eigenvalue weighted by Gasteiger charge is 2.23. The Hall–Kier alpha value is -0.350. The molecule has 10 heteroatoms. The van der Waals surface area contributed by atoms with Crippen LogP contribution in [0.25, 0.3) is 0 Å². The summed E-state index contributed by atoms with van der Waals surface area (Å²) in [5, 5.41) is 0. The van der Waals surface area contributed by atoms with Crippen LogP contribution in [0.15, 0.2) is 25.3 Å². The van der Waals surface area contributed by atoms with Crippen LogP contribution >= 0.6 is 54.8 Å². The van der Waals surface area contributed by atoms with Crippen LogP contribution in [-0.4, -0.2) is 20.5 Å². The second-order valence-corrected chi connectivity index (χ2v) is 9.08. The SMILES string of the molecule is COc1cc(NS(=O)(=O)c2sc(Cl)nc2C)c(Br)cc1Br. The van der Waals surface area contributed by atoms with Crippen molar-refractivity contribution >= 4 is 70.5 Å². The first kappa shape index (κ1) is 17.0. The molecule has 0 radical (unpaired) electrons. The number of hydrogen-bond donors (Lipinski definition) is 1. The molecule has 2 aromatic rings. The summed E-state index contributed by atoms with van der Waals surface area (Å²) in [6, 6.07) is 3.27. The largest absolute Gasteiger partial charge is 0.495 e. The van der Waals surface area contributed by atoms with Gasteiger partial charge in [-0.3, -0.25) is 4.72 Å². The molecule has 0 aliphatic rings. The Kier molecular flexibility index (Phi) is 5.19. The summed E-state index contributed by atoms with van der Waals surface area (Å²) in [5.41, 5.74) is 0.719. The summed E-state index contributed by atoms with van der Waals surface area (Å²) in [6.07, 6.45) is 0. The molecule has 21 heavy (non-hydrogen) atoms. The van der Waals surface area contributed by atoms with E-state index in [0.717, 1.165) is 11.3 Å². The number of anilines is 1. The number of aryl methyl sites for hydroxylation is 1. The van der Waals surface area contributed by atoms with Gasteiger partial charge in [0.05, 0.1) is 23.0 Å². The third kappa shape index (κ3) is 3.70. The maximum absolute atomic E-state index is 12.4. The number of methoxy groups -OCH3 is 1. The maximum atomic E-state index is 12.4. The second-order valence-electron chi connectivity index (χ2n) is 3.91. The number of halogens is 3. The molecule has 0 amide bonds. The molecule has 1 aromatic carbocycles. The number of ether oxygens (including phenoxy) is 1. The lowest BCUT2D eigenvalue weighted by molar-refractivity contribution is 0.412. The topological polar surface area (TPSA) is 68.3 Å². The quantitative estimate of drug-likeness (QED) is 0.709. The fourth-order valence-corrected chi connectivity index (χ4v) is 5.75. The van der Waals surface area contributed by atoms with E-state index in [1.54, 1.807) is 19.1 Å². The van der Waals surface area contributed by atoms with Gasteiger partial charge in [-0.25, -0.2) is 13.4 Å². The van der Waals surface area contributed by atoms with Crippen LogP contribution in [0.5, 0.6) is 5.75 Å². The van der Waals surface area contributed by atoms with Gasteiger partial charge in [-0.15, -0.1) is 0 Å². The number of nitrogens with zero attached hydrogens (tertiary/aromatic N) is 1. The Balaban J connectivity index is 2.44. The highest BCUT2D eigenvalue weighted by Crippen LogP contribution is 2.36. The van der Waals surface area contributed by atoms with Crippen molar-refractivity contribution in [3.63, 3.8) is 0 Å². The van der Waals surface area contributed by atoms with E-state index in [1.807, 2.05) is 0 Å². The molecule has 1 aromatic heterocycles. The smallest absolute Gasteiger partial charge is 0.273 e. The van der Waals surface area contributed by atoms with Crippen molar-refractivity contribution < 1.29 is 13.2 Å². The predicted molar refractivity (Wildman–Crippen MR) is 91.1 cm³/mol. The first-order valence-electron chi connectivity index (χ1n) is 5.43. The number of hydrogen-bond acceptors (Lipinski definition) is 5. The molecule has 0 aliphatic heterocycles. The summed E-state index contributed by atoms with van der Waals surface area (Å²) in [6.45, 7) is 1.59. The van der Waals surface area contributed by atoms with Crippen LogP contribution in [0.3, 0.4) is 0 Å². The van der Waals surface area contributed by atoms with E-state index in [-0.39, 0.29) is 8.68 Å². The Morgan fingerprint density at radius 3 is 2.52 bits per heavy atom. The molecule has 0 fully saturated rings. The van der Waals surface area contributed by atoms with Gasteiger partial charge in [-0.1, -0.05) is 22.9 Å². The van der Waals surface area contributed by atoms with Gasteiger partial charge >= 0.3 is 0 Å². The van der Waals surface area contributed by atoms with Gasteiger partial charge < -0.3 is 4.74 Å². The lowest BCUT2D eigenvalue weighted by atomic mass is 10.3. The van der Waals surface area contributed by atoms with Crippen LogP contribution in [-0.2, 0) is 10.0 Å². The van der Waals surface area contributed by atoms with Gasteiger partial charge in [-0.05, 0) is 44.8 Å². The fourth-order valence-electron chi connectivity index (χ4n) is 1.55. The molecule has 114 valence electrons. The molecule has 2 rings (SSSR count). The fraction of sp³-hybridized carbons (Fsp3) is 0.182. The molecular weight excluding hydrogens is 468 g/mol. The Morgan fingerprint density at radius 2 is 2.00 bits per heavy atom. The van der Waals surface area contributed by atoms with Crippen molar-refractivity contribution in [1.29, 1.82) is 0 Å². The number of thiazole rings is 1. The number of rotatable bonds is 4. The molecule has 0 atom stereocenters. The van der Waals surface area contributed by atoms with Crippen molar-refractivity contribution in [3.05, 3.63) is 31.2 Å². The minimum Gasteiger partial charge on any atom is -0.495 e. The number of nitrogens with one attached hydrogen (secondary N) is 1. The van der Waals surface area contributed by atoms with E-state index in [0.29, 0.717) is 26.1 Å². The lowest BCUT2D eigenvalue weighted by Crippen LogP contribution is -2.13. The zero-order chi connectivity index (χ0) is 15.8. The summed E-state index contributed by atoms with van der Waals surface area (Å²) in [4.78, 5) is 3.91. The van der Waals surface area contributed by atoms with E-state index in [9.17, 15) is 8.42 Å².